The number of nitrogens with two attached hydrogens (primary N) is 1. The molecule has 0 aliphatic rings. The van der Waals surface area contributed by atoms with Gasteiger partial charge in [0, 0.05) is 37.3 Å². The lowest BCUT2D eigenvalue weighted by molar-refractivity contribution is -0.128. The second-order valence-electron chi connectivity index (χ2n) is 5.90. The summed E-state index contributed by atoms with van der Waals surface area (Å²) in [4.78, 5) is 25.3. The minimum Gasteiger partial charge on any atom is -0.506 e. The van der Waals surface area contributed by atoms with Crippen molar-refractivity contribution in [3.8, 4) is 5.75 Å². The number of halogens is 4. The number of nitrogens with one attached hydrogen (secondary N) is 1. The highest BCUT2D eigenvalue weighted by molar-refractivity contribution is 7.99. The molecule has 12 heteroatoms. The number of hydrogen-bond acceptors (Lipinski definition) is 6. The van der Waals surface area contributed by atoms with Crippen LogP contribution in [0.5, 0.6) is 5.75 Å². The van der Waals surface area contributed by atoms with Gasteiger partial charge in [0.2, 0.25) is 0 Å². The number of aromatic nitrogens is 3. The average Bonchev–Trinajstić information content (AvgIpc) is 3.01. The van der Waals surface area contributed by atoms with Crippen LogP contribution in [0.1, 0.15) is 30.0 Å². The zero-order valence-electron chi connectivity index (χ0n) is 16.7. The molecule has 170 valence electrons. The van der Waals surface area contributed by atoms with Gasteiger partial charge in [-0.25, -0.2) is 4.39 Å². The van der Waals surface area contributed by atoms with Gasteiger partial charge in [0.15, 0.2) is 17.0 Å². The van der Waals surface area contributed by atoms with E-state index in [1.54, 1.807) is 11.8 Å². The van der Waals surface area contributed by atoms with Gasteiger partial charge in [-0.2, -0.15) is 13.2 Å². The molecule has 0 amide bonds. The van der Waals surface area contributed by atoms with Crippen molar-refractivity contribution in [2.24, 2.45) is 5.73 Å². The van der Waals surface area contributed by atoms with Crippen LogP contribution in [0, 0.1) is 5.82 Å². The molecule has 0 bridgehead atoms. The highest BCUT2D eigenvalue weighted by Crippen LogP contribution is 2.24. The Bertz CT molecular complexity index is 1050. The number of nitrogens with zero attached hydrogens (tertiary/aromatic N) is 2. The van der Waals surface area contributed by atoms with Crippen LogP contribution < -0.4 is 11.2 Å². The Morgan fingerprint density at radius 1 is 1.35 bits per heavy atom. The van der Waals surface area contributed by atoms with Crippen LogP contribution in [0.15, 0.2) is 41.5 Å². The van der Waals surface area contributed by atoms with Crippen molar-refractivity contribution in [1.82, 2.24) is 14.6 Å². The van der Waals surface area contributed by atoms with Crippen molar-refractivity contribution >= 4 is 23.1 Å². The van der Waals surface area contributed by atoms with E-state index in [1.165, 1.54) is 42.0 Å². The quantitative estimate of drug-likeness (QED) is 0.311. The van der Waals surface area contributed by atoms with Gasteiger partial charge in [0.25, 0.3) is 0 Å². The maximum atomic E-state index is 13.4. The Morgan fingerprint density at radius 3 is 2.52 bits per heavy atom. The van der Waals surface area contributed by atoms with Crippen LogP contribution in [0.3, 0.4) is 0 Å². The fourth-order valence-electron chi connectivity index (χ4n) is 2.15. The Hall–Kier alpha value is -2.86. The molecule has 0 saturated heterocycles. The maximum absolute atomic E-state index is 13.4. The number of ketones is 1. The lowest BCUT2D eigenvalue weighted by Gasteiger charge is -2.05. The van der Waals surface area contributed by atoms with Gasteiger partial charge in [-0.15, -0.1) is 11.8 Å². The van der Waals surface area contributed by atoms with E-state index < -0.39 is 29.9 Å². The van der Waals surface area contributed by atoms with Gasteiger partial charge in [0.1, 0.15) is 17.0 Å². The zero-order valence-corrected chi connectivity index (χ0v) is 17.6. The largest absolute Gasteiger partial charge is 0.506 e. The SMILES string of the molecule is CC(=O)c1[nH]n2ccc(=O)cc2c1F.CCSCN.Oc1cccnc1CC(F)(F)F. The predicted molar refractivity (Wildman–Crippen MR) is 111 cm³/mol. The maximum Gasteiger partial charge on any atom is 0.394 e. The molecule has 0 fully saturated rings. The Balaban J connectivity index is 0.000000259. The topological polar surface area (TPSA) is 113 Å². The lowest BCUT2D eigenvalue weighted by Crippen LogP contribution is -2.12. The van der Waals surface area contributed by atoms with E-state index in [-0.39, 0.29) is 22.3 Å². The molecule has 0 unspecified atom stereocenters. The summed E-state index contributed by atoms with van der Waals surface area (Å²) in [6.07, 6.45) is -2.93. The molecule has 3 heterocycles. The third-order valence-electron chi connectivity index (χ3n) is 3.51. The highest BCUT2D eigenvalue weighted by atomic mass is 32.2. The first-order chi connectivity index (χ1) is 14.5. The molecule has 0 radical (unpaired) electrons. The second-order valence-corrected chi connectivity index (χ2v) is 7.21. The number of carbonyl (C=O) groups excluding carboxylic acids is 1. The molecule has 3 aromatic heterocycles. The fourth-order valence-corrected chi connectivity index (χ4v) is 2.39. The molecule has 0 aliphatic heterocycles. The molecular formula is C19H22F4N4O3S. The molecule has 3 rings (SSSR count). The molecule has 4 N–H and O–H groups in total. The van der Waals surface area contributed by atoms with Crippen LogP contribution in [0.2, 0.25) is 0 Å². The average molecular weight is 462 g/mol. The first-order valence-electron chi connectivity index (χ1n) is 8.88. The smallest absolute Gasteiger partial charge is 0.394 e. The molecule has 0 aliphatic carbocycles. The predicted octanol–water partition coefficient (Wildman–Crippen LogP) is 3.52. The van der Waals surface area contributed by atoms with Crippen molar-refractivity contribution < 1.29 is 27.5 Å². The minimum absolute atomic E-state index is 0.0858. The van der Waals surface area contributed by atoms with Crippen molar-refractivity contribution in [2.45, 2.75) is 26.4 Å². The fraction of sp³-hybridized carbons (Fsp3) is 0.316. The summed E-state index contributed by atoms with van der Waals surface area (Å²) in [5, 5.41) is 11.5. The monoisotopic (exact) mass is 462 g/mol. The third kappa shape index (κ3) is 8.80. The second kappa shape index (κ2) is 12.1. The molecule has 7 nitrogen and oxygen atoms in total. The lowest BCUT2D eigenvalue weighted by atomic mass is 10.2. The summed E-state index contributed by atoms with van der Waals surface area (Å²) < 4.78 is 50.1. The van der Waals surface area contributed by atoms with Crippen molar-refractivity contribution in [3.63, 3.8) is 0 Å². The van der Waals surface area contributed by atoms with Gasteiger partial charge in [0.05, 0.1) is 12.1 Å². The summed E-state index contributed by atoms with van der Waals surface area (Å²) in [5.41, 5.74) is 4.44. The number of aromatic hydroxyl groups is 1. The number of fused-ring (bicyclic) bond motifs is 1. The molecule has 0 spiro atoms. The van der Waals surface area contributed by atoms with Gasteiger partial charge < -0.3 is 10.8 Å². The van der Waals surface area contributed by atoms with E-state index in [1.807, 2.05) is 0 Å². The first kappa shape index (κ1) is 26.2. The number of rotatable bonds is 4. The highest BCUT2D eigenvalue weighted by Gasteiger charge is 2.29. The van der Waals surface area contributed by atoms with E-state index in [0.717, 1.165) is 17.7 Å². The number of alkyl halides is 3. The summed E-state index contributed by atoms with van der Waals surface area (Å²) in [7, 11) is 0. The normalized spacial score (nSPS) is 10.7. The van der Waals surface area contributed by atoms with Gasteiger partial charge in [-0.05, 0) is 17.9 Å². The third-order valence-corrected chi connectivity index (χ3v) is 4.16. The number of Topliss-reactive ketones (excluding diaryl/α,β-unsaturated/α-hetero) is 1. The first-order valence-corrected chi connectivity index (χ1v) is 10.0. The van der Waals surface area contributed by atoms with Crippen molar-refractivity contribution in [3.05, 3.63) is 64.1 Å². The molecule has 0 atom stereocenters. The molecule has 3 aromatic rings. The minimum atomic E-state index is -4.33. The molecule has 31 heavy (non-hydrogen) atoms. The van der Waals surface area contributed by atoms with E-state index >= 15 is 0 Å². The van der Waals surface area contributed by atoms with Crippen LogP contribution >= 0.6 is 11.8 Å². The summed E-state index contributed by atoms with van der Waals surface area (Å²) >= 11 is 1.74. The van der Waals surface area contributed by atoms with Gasteiger partial charge in [-0.3, -0.25) is 24.2 Å². The number of thioether (sulfide) groups is 1. The van der Waals surface area contributed by atoms with Crippen LogP contribution in [0.4, 0.5) is 17.6 Å². The van der Waals surface area contributed by atoms with Crippen LogP contribution in [-0.2, 0) is 6.42 Å². The Kier molecular flexibility index (Phi) is 10.2. The number of pyridine rings is 2. The summed E-state index contributed by atoms with van der Waals surface area (Å²) in [5.74, 6) is 0.385. The van der Waals surface area contributed by atoms with Crippen LogP contribution in [0.25, 0.3) is 5.52 Å². The standard InChI is InChI=1S/C9H7FN2O2.C7H6F3NO.C3H9NS/c1-5(13)9-8(10)7-4-6(14)2-3-12(7)11-9;8-7(9,10)4-5-6(12)2-1-3-11-5;1-2-5-3-4/h2-4,11H,1H3;1-3,12H,4H2;2-4H2,1H3. The number of carbonyl (C=O) groups is 1. The number of aromatic amines is 1. The summed E-state index contributed by atoms with van der Waals surface area (Å²) in [6, 6.07) is 4.97. The van der Waals surface area contributed by atoms with Crippen LogP contribution in [-0.4, -0.2) is 43.3 Å². The Morgan fingerprint density at radius 2 is 2.03 bits per heavy atom. The molecule has 0 saturated carbocycles. The van der Waals surface area contributed by atoms with E-state index in [9.17, 15) is 27.2 Å². The van der Waals surface area contributed by atoms with E-state index in [2.05, 4.69) is 17.0 Å². The van der Waals surface area contributed by atoms with Crippen molar-refractivity contribution in [1.29, 1.82) is 0 Å². The molecule has 0 aromatic carbocycles. The van der Waals surface area contributed by atoms with E-state index in [4.69, 9.17) is 10.8 Å². The number of H-pyrrole nitrogens is 1. The Labute approximate surface area is 179 Å². The van der Waals surface area contributed by atoms with E-state index in [0.29, 0.717) is 0 Å². The van der Waals surface area contributed by atoms with Gasteiger partial charge >= 0.3 is 6.18 Å². The number of hydrogen-bond donors (Lipinski definition) is 3. The molecular weight excluding hydrogens is 440 g/mol. The van der Waals surface area contributed by atoms with Crippen molar-refractivity contribution in [2.75, 3.05) is 11.6 Å². The summed E-state index contributed by atoms with van der Waals surface area (Å²) in [6.45, 7) is 3.35. The zero-order chi connectivity index (χ0) is 23.6. The van der Waals surface area contributed by atoms with Gasteiger partial charge in [-0.1, -0.05) is 6.92 Å².